The number of methoxy groups -OCH3 is 1. The van der Waals surface area contributed by atoms with Gasteiger partial charge < -0.3 is 29.9 Å². The van der Waals surface area contributed by atoms with Gasteiger partial charge in [-0.05, 0) is 25.1 Å². The number of aliphatic hydroxyl groups excluding tert-OH is 2. The Balaban J connectivity index is 1.87. The summed E-state index contributed by atoms with van der Waals surface area (Å²) in [5, 5.41) is 23.7. The fourth-order valence-electron chi connectivity index (χ4n) is 3.37. The first kappa shape index (κ1) is 26.5. The maximum absolute atomic E-state index is 13.7. The summed E-state index contributed by atoms with van der Waals surface area (Å²) >= 11 is 0. The molecule has 1 aromatic carbocycles. The van der Waals surface area contributed by atoms with Crippen molar-refractivity contribution in [1.82, 2.24) is 14.6 Å². The van der Waals surface area contributed by atoms with E-state index in [1.165, 1.54) is 37.4 Å². The molecule has 1 fully saturated rings. The summed E-state index contributed by atoms with van der Waals surface area (Å²) in [6.07, 6.45) is -4.74. The predicted molar refractivity (Wildman–Crippen MR) is 123 cm³/mol. The highest BCUT2D eigenvalue weighted by molar-refractivity contribution is 7.52. The second kappa shape index (κ2) is 11.1. The average Bonchev–Trinajstić information content (AvgIpc) is 3.11. The van der Waals surface area contributed by atoms with E-state index in [2.05, 4.69) is 21.4 Å². The third-order valence-electron chi connectivity index (χ3n) is 5.09. The fraction of sp³-hybridized carbons (Fsp3) is 0.381. The number of nitrogen functional groups attached to an aromatic ring is 1. The van der Waals surface area contributed by atoms with Crippen LogP contribution >= 0.6 is 7.75 Å². The third-order valence-corrected chi connectivity index (χ3v) is 6.77. The van der Waals surface area contributed by atoms with Crippen LogP contribution in [0.5, 0.6) is 5.75 Å². The standard InChI is InChI=1S/C21H27N4O9P/c1-4-14(18-16(26)17(27)19(32-18)25-11-10-15(22)23-21(25)29)34-35(30,24-12(2)20(28)31-3)33-13-8-6-5-7-9-13/h4-12,14,16-19,26-27H,1H2,2-3H3,(H,24,30)(H2,22,23,29). The van der Waals surface area contributed by atoms with E-state index in [0.29, 0.717) is 0 Å². The van der Waals surface area contributed by atoms with Crippen molar-refractivity contribution in [3.05, 3.63) is 65.7 Å². The minimum absolute atomic E-state index is 0.0343. The SMILES string of the molecule is C=CC(OP(=O)(NC(C)C(=O)OC)Oc1ccccc1)C1OC(n2ccc(N)nc2=O)C(O)C1O. The van der Waals surface area contributed by atoms with Crippen molar-refractivity contribution >= 4 is 19.5 Å². The molecular formula is C21H27N4O9P. The van der Waals surface area contributed by atoms with E-state index >= 15 is 0 Å². The van der Waals surface area contributed by atoms with Crippen LogP contribution in [0.15, 0.2) is 60.0 Å². The van der Waals surface area contributed by atoms with Gasteiger partial charge in [-0.15, -0.1) is 6.58 Å². The summed E-state index contributed by atoms with van der Waals surface area (Å²) in [7, 11) is -3.17. The number of carbonyl (C=O) groups is 1. The first-order valence-electron chi connectivity index (χ1n) is 10.5. The second-order valence-electron chi connectivity index (χ2n) is 7.60. The van der Waals surface area contributed by atoms with E-state index in [1.807, 2.05) is 0 Å². The predicted octanol–water partition coefficient (Wildman–Crippen LogP) is 0.354. The van der Waals surface area contributed by atoms with Crippen LogP contribution in [0.4, 0.5) is 5.82 Å². The van der Waals surface area contributed by atoms with Gasteiger partial charge in [0, 0.05) is 6.20 Å². The van der Waals surface area contributed by atoms with Crippen LogP contribution in [0, 0.1) is 0 Å². The van der Waals surface area contributed by atoms with Gasteiger partial charge in [0.1, 0.15) is 42.0 Å². The number of para-hydroxylation sites is 1. The monoisotopic (exact) mass is 510 g/mol. The van der Waals surface area contributed by atoms with Crippen LogP contribution in [0.1, 0.15) is 13.2 Å². The number of nitrogens with one attached hydrogen (secondary N) is 1. The normalized spacial score (nSPS) is 25.3. The van der Waals surface area contributed by atoms with Gasteiger partial charge in [0.25, 0.3) is 0 Å². The highest BCUT2D eigenvalue weighted by Gasteiger charge is 2.49. The number of aromatic nitrogens is 2. The van der Waals surface area contributed by atoms with Gasteiger partial charge in [-0.25, -0.2) is 9.36 Å². The Morgan fingerprint density at radius 3 is 2.60 bits per heavy atom. The van der Waals surface area contributed by atoms with Gasteiger partial charge in [-0.3, -0.25) is 13.9 Å². The minimum Gasteiger partial charge on any atom is -0.468 e. The molecule has 1 aliphatic rings. The largest absolute Gasteiger partial charge is 0.468 e. The van der Waals surface area contributed by atoms with Gasteiger partial charge in [0.2, 0.25) is 0 Å². The van der Waals surface area contributed by atoms with Crippen molar-refractivity contribution in [2.24, 2.45) is 0 Å². The van der Waals surface area contributed by atoms with Crippen molar-refractivity contribution in [3.8, 4) is 5.75 Å². The van der Waals surface area contributed by atoms with Gasteiger partial charge in [-0.2, -0.15) is 10.1 Å². The number of rotatable bonds is 10. The minimum atomic E-state index is -4.34. The summed E-state index contributed by atoms with van der Waals surface area (Å²) in [6, 6.07) is 8.24. The molecule has 35 heavy (non-hydrogen) atoms. The Bertz CT molecular complexity index is 1150. The van der Waals surface area contributed by atoms with Crippen LogP contribution in [0.2, 0.25) is 0 Å². The molecule has 0 saturated carbocycles. The number of hydrogen-bond donors (Lipinski definition) is 4. The highest BCUT2D eigenvalue weighted by Crippen LogP contribution is 2.48. The van der Waals surface area contributed by atoms with Crippen LogP contribution in [-0.2, 0) is 23.4 Å². The summed E-state index contributed by atoms with van der Waals surface area (Å²) in [6.45, 7) is 5.01. The molecule has 3 rings (SSSR count). The molecule has 0 aliphatic carbocycles. The molecule has 5 N–H and O–H groups in total. The number of benzene rings is 1. The van der Waals surface area contributed by atoms with Gasteiger partial charge in [0.15, 0.2) is 6.23 Å². The van der Waals surface area contributed by atoms with Crippen molar-refractivity contribution < 1.29 is 38.1 Å². The molecule has 2 aromatic rings. The van der Waals surface area contributed by atoms with Gasteiger partial charge >= 0.3 is 19.4 Å². The quantitative estimate of drug-likeness (QED) is 0.196. The number of aliphatic hydroxyl groups is 2. The lowest BCUT2D eigenvalue weighted by molar-refractivity contribution is -0.142. The van der Waals surface area contributed by atoms with Crippen molar-refractivity contribution in [2.75, 3.05) is 12.8 Å². The zero-order chi connectivity index (χ0) is 25.8. The van der Waals surface area contributed by atoms with Crippen molar-refractivity contribution in [1.29, 1.82) is 0 Å². The van der Waals surface area contributed by atoms with Crippen LogP contribution in [0.25, 0.3) is 0 Å². The molecule has 13 nitrogen and oxygen atoms in total. The summed E-state index contributed by atoms with van der Waals surface area (Å²) < 4.78 is 36.2. The number of nitrogens with two attached hydrogens (primary N) is 1. The van der Waals surface area contributed by atoms with E-state index in [4.69, 9.17) is 19.5 Å². The van der Waals surface area contributed by atoms with E-state index in [-0.39, 0.29) is 11.6 Å². The van der Waals surface area contributed by atoms with E-state index < -0.39 is 56.1 Å². The Morgan fingerprint density at radius 1 is 1.31 bits per heavy atom. The number of anilines is 1. The molecule has 0 radical (unpaired) electrons. The molecule has 0 spiro atoms. The molecule has 7 atom stereocenters. The molecule has 7 unspecified atom stereocenters. The molecular weight excluding hydrogens is 483 g/mol. The third kappa shape index (κ3) is 6.14. The lowest BCUT2D eigenvalue weighted by Gasteiger charge is -2.29. The first-order chi connectivity index (χ1) is 16.6. The Hall–Kier alpha value is -3.06. The maximum Gasteiger partial charge on any atom is 0.460 e. The Kier molecular flexibility index (Phi) is 8.43. The summed E-state index contributed by atoms with van der Waals surface area (Å²) in [4.78, 5) is 27.7. The Labute approximate surface area is 200 Å². The molecule has 1 aromatic heterocycles. The summed E-state index contributed by atoms with van der Waals surface area (Å²) in [5.74, 6) is -0.607. The number of ether oxygens (including phenoxy) is 2. The number of carbonyl (C=O) groups excluding carboxylic acids is 1. The molecule has 1 saturated heterocycles. The molecule has 2 heterocycles. The fourth-order valence-corrected chi connectivity index (χ4v) is 5.03. The lowest BCUT2D eigenvalue weighted by atomic mass is 10.1. The van der Waals surface area contributed by atoms with E-state index in [1.54, 1.807) is 18.2 Å². The number of nitrogens with zero attached hydrogens (tertiary/aromatic N) is 2. The second-order valence-corrected chi connectivity index (χ2v) is 9.24. The maximum atomic E-state index is 13.7. The first-order valence-corrected chi connectivity index (χ1v) is 12.0. The van der Waals surface area contributed by atoms with E-state index in [0.717, 1.165) is 11.7 Å². The van der Waals surface area contributed by atoms with Crippen LogP contribution < -0.4 is 21.0 Å². The summed E-state index contributed by atoms with van der Waals surface area (Å²) in [5.41, 5.74) is 4.68. The van der Waals surface area contributed by atoms with Crippen LogP contribution in [0.3, 0.4) is 0 Å². The van der Waals surface area contributed by atoms with Crippen LogP contribution in [-0.4, -0.2) is 63.3 Å². The van der Waals surface area contributed by atoms with Gasteiger partial charge in [-0.1, -0.05) is 24.3 Å². The number of esters is 1. The molecule has 190 valence electrons. The average molecular weight is 510 g/mol. The molecule has 0 bridgehead atoms. The molecule has 0 amide bonds. The molecule has 1 aliphatic heterocycles. The van der Waals surface area contributed by atoms with E-state index in [9.17, 15) is 24.4 Å². The topological polar surface area (TPSA) is 184 Å². The zero-order valence-corrected chi connectivity index (χ0v) is 19.9. The lowest BCUT2D eigenvalue weighted by Crippen LogP contribution is -2.41. The zero-order valence-electron chi connectivity index (χ0n) is 19.0. The number of hydrogen-bond acceptors (Lipinski definition) is 11. The smallest absolute Gasteiger partial charge is 0.460 e. The Morgan fingerprint density at radius 2 is 2.00 bits per heavy atom. The van der Waals surface area contributed by atoms with Gasteiger partial charge in [0.05, 0.1) is 7.11 Å². The van der Waals surface area contributed by atoms with Crippen molar-refractivity contribution in [3.63, 3.8) is 0 Å². The highest BCUT2D eigenvalue weighted by atomic mass is 31.2. The van der Waals surface area contributed by atoms with Crippen molar-refractivity contribution in [2.45, 2.75) is 43.6 Å². The molecule has 14 heteroatoms.